The average Bonchev–Trinajstić information content (AvgIpc) is 3.03. The zero-order valence-electron chi connectivity index (χ0n) is 9.25. The molecule has 1 heterocycles. The lowest BCUT2D eigenvalue weighted by atomic mass is 10.0. The van der Waals surface area contributed by atoms with Crippen molar-refractivity contribution in [2.75, 3.05) is 0 Å². The lowest BCUT2D eigenvalue weighted by Crippen LogP contribution is -1.92. The fourth-order valence-corrected chi connectivity index (χ4v) is 2.33. The normalized spacial score (nSPS) is 15.9. The van der Waals surface area contributed by atoms with Gasteiger partial charge in [0.15, 0.2) is 0 Å². The van der Waals surface area contributed by atoms with Gasteiger partial charge in [0, 0.05) is 11.6 Å². The first-order valence-corrected chi connectivity index (χ1v) is 5.62. The molecule has 0 aliphatic heterocycles. The number of nitrogens with zero attached hydrogens (tertiary/aromatic N) is 1. The summed E-state index contributed by atoms with van der Waals surface area (Å²) in [7, 11) is 0. The van der Waals surface area contributed by atoms with E-state index in [9.17, 15) is 0 Å². The molecule has 3 rings (SSSR count). The Balaban J connectivity index is 2.32. The van der Waals surface area contributed by atoms with Gasteiger partial charge < -0.3 is 0 Å². The zero-order chi connectivity index (χ0) is 10.4. The standard InChI is InChI=1S/C14H15N/c1-9-4-3-5-12-10(2)13(11-6-7-11)8-15-14(9)12/h3-5,8,11H,6-7H2,1-2H3. The Bertz CT molecular complexity index is 524. The molecule has 1 aromatic carbocycles. The summed E-state index contributed by atoms with van der Waals surface area (Å²) in [5.41, 5.74) is 5.34. The van der Waals surface area contributed by atoms with Crippen molar-refractivity contribution in [3.05, 3.63) is 41.1 Å². The van der Waals surface area contributed by atoms with Crippen LogP contribution in [0.5, 0.6) is 0 Å². The summed E-state index contributed by atoms with van der Waals surface area (Å²) < 4.78 is 0. The Hall–Kier alpha value is -1.37. The van der Waals surface area contributed by atoms with E-state index in [0.29, 0.717) is 0 Å². The zero-order valence-corrected chi connectivity index (χ0v) is 9.25. The third-order valence-electron chi connectivity index (χ3n) is 3.42. The van der Waals surface area contributed by atoms with Gasteiger partial charge in [-0.05, 0) is 49.3 Å². The van der Waals surface area contributed by atoms with Gasteiger partial charge in [0.2, 0.25) is 0 Å². The molecule has 0 N–H and O–H groups in total. The number of para-hydroxylation sites is 1. The van der Waals surface area contributed by atoms with Gasteiger partial charge in [-0.3, -0.25) is 4.98 Å². The second-order valence-electron chi connectivity index (χ2n) is 4.58. The van der Waals surface area contributed by atoms with Gasteiger partial charge in [-0.15, -0.1) is 0 Å². The summed E-state index contributed by atoms with van der Waals surface area (Å²) in [6.07, 6.45) is 4.78. The Morgan fingerprint density at radius 1 is 1.20 bits per heavy atom. The fraction of sp³-hybridized carbons (Fsp3) is 0.357. The first kappa shape index (κ1) is 8.90. The minimum absolute atomic E-state index is 0.794. The molecule has 0 saturated heterocycles. The maximum absolute atomic E-state index is 4.60. The van der Waals surface area contributed by atoms with E-state index in [1.165, 1.54) is 40.4 Å². The van der Waals surface area contributed by atoms with Crippen LogP contribution in [0.1, 0.15) is 35.4 Å². The van der Waals surface area contributed by atoms with Gasteiger partial charge >= 0.3 is 0 Å². The van der Waals surface area contributed by atoms with Crippen molar-refractivity contribution in [3.8, 4) is 0 Å². The van der Waals surface area contributed by atoms with Crippen LogP contribution < -0.4 is 0 Å². The number of aromatic nitrogens is 1. The first-order chi connectivity index (χ1) is 7.27. The van der Waals surface area contributed by atoms with Crippen LogP contribution in [0.15, 0.2) is 24.4 Å². The third-order valence-corrected chi connectivity index (χ3v) is 3.42. The summed E-state index contributed by atoms with van der Waals surface area (Å²) >= 11 is 0. The quantitative estimate of drug-likeness (QED) is 0.678. The van der Waals surface area contributed by atoms with Crippen LogP contribution >= 0.6 is 0 Å². The summed E-state index contributed by atoms with van der Waals surface area (Å²) in [5, 5.41) is 1.33. The molecule has 1 aliphatic rings. The smallest absolute Gasteiger partial charge is 0.0733 e. The van der Waals surface area contributed by atoms with Crippen LogP contribution in [-0.2, 0) is 0 Å². The molecule has 2 aromatic rings. The van der Waals surface area contributed by atoms with E-state index in [1.807, 2.05) is 0 Å². The van der Waals surface area contributed by atoms with Crippen LogP contribution in [0.4, 0.5) is 0 Å². The highest BCUT2D eigenvalue weighted by atomic mass is 14.7. The van der Waals surface area contributed by atoms with Gasteiger partial charge in [0.25, 0.3) is 0 Å². The molecule has 0 bridgehead atoms. The number of pyridine rings is 1. The Labute approximate surface area is 90.2 Å². The largest absolute Gasteiger partial charge is 0.256 e. The number of hydrogen-bond acceptors (Lipinski definition) is 1. The van der Waals surface area contributed by atoms with Crippen molar-refractivity contribution in [3.63, 3.8) is 0 Å². The van der Waals surface area contributed by atoms with Crippen LogP contribution in [0, 0.1) is 13.8 Å². The van der Waals surface area contributed by atoms with Gasteiger partial charge in [-0.25, -0.2) is 0 Å². The number of hydrogen-bond donors (Lipinski definition) is 0. The van der Waals surface area contributed by atoms with Crippen LogP contribution in [0.25, 0.3) is 10.9 Å². The number of fused-ring (bicyclic) bond motifs is 1. The molecule has 0 atom stereocenters. The highest BCUT2D eigenvalue weighted by molar-refractivity contribution is 5.85. The maximum atomic E-state index is 4.60. The van der Waals surface area contributed by atoms with E-state index in [-0.39, 0.29) is 0 Å². The van der Waals surface area contributed by atoms with E-state index >= 15 is 0 Å². The summed E-state index contributed by atoms with van der Waals surface area (Å²) in [4.78, 5) is 4.60. The maximum Gasteiger partial charge on any atom is 0.0733 e. The van der Waals surface area contributed by atoms with Gasteiger partial charge in [-0.1, -0.05) is 18.2 Å². The molecule has 1 saturated carbocycles. The third kappa shape index (κ3) is 1.34. The molecule has 1 aromatic heterocycles. The molecule has 1 nitrogen and oxygen atoms in total. The van der Waals surface area contributed by atoms with Crippen LogP contribution in [0.3, 0.4) is 0 Å². The number of benzene rings is 1. The highest BCUT2D eigenvalue weighted by Gasteiger charge is 2.26. The Morgan fingerprint density at radius 3 is 2.73 bits per heavy atom. The predicted molar refractivity (Wildman–Crippen MR) is 63.2 cm³/mol. The van der Waals surface area contributed by atoms with Crippen molar-refractivity contribution < 1.29 is 0 Å². The molecule has 76 valence electrons. The van der Waals surface area contributed by atoms with E-state index < -0.39 is 0 Å². The second-order valence-corrected chi connectivity index (χ2v) is 4.58. The number of rotatable bonds is 1. The number of aryl methyl sites for hydroxylation is 2. The average molecular weight is 197 g/mol. The Morgan fingerprint density at radius 2 is 2.00 bits per heavy atom. The lowest BCUT2D eigenvalue weighted by Gasteiger charge is -2.08. The molecule has 15 heavy (non-hydrogen) atoms. The predicted octanol–water partition coefficient (Wildman–Crippen LogP) is 3.73. The minimum Gasteiger partial charge on any atom is -0.256 e. The molecule has 0 unspecified atom stereocenters. The SMILES string of the molecule is Cc1c(C2CC2)cnc2c(C)cccc12. The topological polar surface area (TPSA) is 12.9 Å². The first-order valence-electron chi connectivity index (χ1n) is 5.62. The fourth-order valence-electron chi connectivity index (χ4n) is 2.33. The van der Waals surface area contributed by atoms with Gasteiger partial charge in [-0.2, -0.15) is 0 Å². The van der Waals surface area contributed by atoms with E-state index in [4.69, 9.17) is 0 Å². The van der Waals surface area contributed by atoms with Gasteiger partial charge in [0.05, 0.1) is 5.52 Å². The van der Waals surface area contributed by atoms with E-state index in [0.717, 1.165) is 5.92 Å². The highest BCUT2D eigenvalue weighted by Crippen LogP contribution is 2.42. The van der Waals surface area contributed by atoms with Crippen molar-refractivity contribution in [2.24, 2.45) is 0 Å². The molecule has 0 radical (unpaired) electrons. The molecule has 1 aliphatic carbocycles. The van der Waals surface area contributed by atoms with Crippen molar-refractivity contribution in [1.82, 2.24) is 4.98 Å². The van der Waals surface area contributed by atoms with Crippen molar-refractivity contribution in [2.45, 2.75) is 32.6 Å². The molecular formula is C14H15N. The van der Waals surface area contributed by atoms with Gasteiger partial charge in [0.1, 0.15) is 0 Å². The Kier molecular flexibility index (Phi) is 1.82. The molecule has 0 amide bonds. The summed E-state index contributed by atoms with van der Waals surface area (Å²) in [6, 6.07) is 6.45. The molecular weight excluding hydrogens is 182 g/mol. The van der Waals surface area contributed by atoms with Crippen molar-refractivity contribution in [1.29, 1.82) is 0 Å². The molecule has 1 heteroatoms. The minimum atomic E-state index is 0.794. The van der Waals surface area contributed by atoms with Crippen LogP contribution in [-0.4, -0.2) is 4.98 Å². The monoisotopic (exact) mass is 197 g/mol. The van der Waals surface area contributed by atoms with Crippen LogP contribution in [0.2, 0.25) is 0 Å². The van der Waals surface area contributed by atoms with Crippen molar-refractivity contribution >= 4 is 10.9 Å². The molecule has 1 fully saturated rings. The lowest BCUT2D eigenvalue weighted by molar-refractivity contribution is 1.08. The second kappa shape index (κ2) is 3.06. The van der Waals surface area contributed by atoms with E-state index in [2.05, 4.69) is 43.2 Å². The molecule has 0 spiro atoms. The summed E-state index contributed by atoms with van der Waals surface area (Å²) in [5.74, 6) is 0.794. The van der Waals surface area contributed by atoms with E-state index in [1.54, 1.807) is 0 Å². The summed E-state index contributed by atoms with van der Waals surface area (Å²) in [6.45, 7) is 4.36.